The second kappa shape index (κ2) is 6.90. The number of aryl methyl sites for hydroxylation is 1. The summed E-state index contributed by atoms with van der Waals surface area (Å²) in [6.07, 6.45) is 0. The van der Waals surface area contributed by atoms with Crippen LogP contribution < -0.4 is 10.6 Å². The third kappa shape index (κ3) is 3.61. The lowest BCUT2D eigenvalue weighted by atomic mass is 10.1. The number of hydrogen-bond donors (Lipinski definition) is 2. The van der Waals surface area contributed by atoms with Crippen molar-refractivity contribution in [2.45, 2.75) is 20.4 Å². The molecule has 2 aromatic rings. The van der Waals surface area contributed by atoms with E-state index < -0.39 is 0 Å². The van der Waals surface area contributed by atoms with E-state index in [1.165, 1.54) is 0 Å². The zero-order valence-corrected chi connectivity index (χ0v) is 13.9. The van der Waals surface area contributed by atoms with Crippen molar-refractivity contribution in [1.29, 1.82) is 0 Å². The smallest absolute Gasteiger partial charge is 0.253 e. The van der Waals surface area contributed by atoms with Gasteiger partial charge in [0.1, 0.15) is 0 Å². The summed E-state index contributed by atoms with van der Waals surface area (Å²) in [5.41, 5.74) is 2.65. The van der Waals surface area contributed by atoms with E-state index in [2.05, 4.69) is 26.6 Å². The van der Waals surface area contributed by atoms with Gasteiger partial charge in [-0.1, -0.05) is 11.6 Å². The highest BCUT2D eigenvalue weighted by Gasteiger charge is 2.12. The number of nitrogens with one attached hydrogen (secondary N) is 2. The van der Waals surface area contributed by atoms with Crippen LogP contribution in [0.15, 0.2) is 34.1 Å². The van der Waals surface area contributed by atoms with Gasteiger partial charge in [0.05, 0.1) is 12.1 Å². The summed E-state index contributed by atoms with van der Waals surface area (Å²) in [5, 5.41) is 8.19. The molecule has 0 aliphatic rings. The van der Waals surface area contributed by atoms with Gasteiger partial charge in [-0.3, -0.25) is 4.79 Å². The molecule has 5 heteroatoms. The van der Waals surface area contributed by atoms with E-state index in [0.29, 0.717) is 12.1 Å². The van der Waals surface area contributed by atoms with Crippen molar-refractivity contribution in [2.75, 3.05) is 11.9 Å². The molecule has 0 radical (unpaired) electrons. The number of hydrogen-bond acceptors (Lipinski definition) is 3. The molecule has 0 spiro atoms. The summed E-state index contributed by atoms with van der Waals surface area (Å²) < 4.78 is 1.04. The van der Waals surface area contributed by atoms with E-state index in [9.17, 15) is 4.79 Å². The minimum atomic E-state index is -0.0510. The van der Waals surface area contributed by atoms with Gasteiger partial charge in [0, 0.05) is 21.6 Å². The van der Waals surface area contributed by atoms with Gasteiger partial charge >= 0.3 is 0 Å². The molecule has 20 heavy (non-hydrogen) atoms. The largest absolute Gasteiger partial charge is 0.385 e. The van der Waals surface area contributed by atoms with Crippen LogP contribution in [-0.4, -0.2) is 12.5 Å². The first kappa shape index (κ1) is 15.1. The average molecular weight is 353 g/mol. The lowest BCUT2D eigenvalue weighted by Gasteiger charge is -2.12. The highest BCUT2D eigenvalue weighted by atomic mass is 79.9. The lowest BCUT2D eigenvalue weighted by Crippen LogP contribution is -2.23. The predicted octanol–water partition coefficient (Wildman–Crippen LogP) is 4.18. The Bertz CT molecular complexity index is 610. The topological polar surface area (TPSA) is 41.1 Å². The minimum absolute atomic E-state index is 0.0510. The van der Waals surface area contributed by atoms with E-state index in [-0.39, 0.29) is 5.91 Å². The van der Waals surface area contributed by atoms with E-state index in [0.717, 1.165) is 27.1 Å². The van der Waals surface area contributed by atoms with E-state index >= 15 is 0 Å². The number of benzene rings is 1. The standard InChI is InChI=1S/C15H17BrN2OS/c1-3-17-13-5-4-10(2)8-11(13)15(19)18-9-14-12(16)6-7-20-14/h4-8,17H,3,9H2,1-2H3,(H,18,19). The number of carbonyl (C=O) groups excluding carboxylic acids is 1. The molecule has 1 aromatic heterocycles. The fourth-order valence-corrected chi connectivity index (χ4v) is 3.33. The summed E-state index contributed by atoms with van der Waals surface area (Å²) in [5.74, 6) is -0.0510. The van der Waals surface area contributed by atoms with Crippen molar-refractivity contribution < 1.29 is 4.79 Å². The van der Waals surface area contributed by atoms with Gasteiger partial charge in [0.15, 0.2) is 0 Å². The number of rotatable bonds is 5. The van der Waals surface area contributed by atoms with Crippen molar-refractivity contribution in [1.82, 2.24) is 5.32 Å². The first-order valence-corrected chi connectivity index (χ1v) is 8.13. The molecule has 3 nitrogen and oxygen atoms in total. The highest BCUT2D eigenvalue weighted by molar-refractivity contribution is 9.10. The summed E-state index contributed by atoms with van der Waals surface area (Å²) in [7, 11) is 0. The summed E-state index contributed by atoms with van der Waals surface area (Å²) >= 11 is 5.10. The molecule has 0 unspecified atom stereocenters. The van der Waals surface area contributed by atoms with Crippen LogP contribution in [0.1, 0.15) is 27.7 Å². The molecule has 0 fully saturated rings. The highest BCUT2D eigenvalue weighted by Crippen LogP contribution is 2.23. The lowest BCUT2D eigenvalue weighted by molar-refractivity contribution is 0.0952. The van der Waals surface area contributed by atoms with Crippen LogP contribution in [0.4, 0.5) is 5.69 Å². The Kier molecular flexibility index (Phi) is 5.20. The fourth-order valence-electron chi connectivity index (χ4n) is 1.90. The van der Waals surface area contributed by atoms with Crippen LogP contribution in [0.2, 0.25) is 0 Å². The van der Waals surface area contributed by atoms with E-state index in [1.807, 2.05) is 43.5 Å². The van der Waals surface area contributed by atoms with Crippen molar-refractivity contribution in [3.63, 3.8) is 0 Å². The quantitative estimate of drug-likeness (QED) is 0.847. The summed E-state index contributed by atoms with van der Waals surface area (Å²) in [6.45, 7) is 5.34. The molecule has 2 rings (SSSR count). The molecule has 0 atom stereocenters. The van der Waals surface area contributed by atoms with Crippen LogP contribution in [0.3, 0.4) is 0 Å². The maximum Gasteiger partial charge on any atom is 0.253 e. The average Bonchev–Trinajstić information content (AvgIpc) is 2.84. The summed E-state index contributed by atoms with van der Waals surface area (Å²) in [4.78, 5) is 13.5. The van der Waals surface area contributed by atoms with E-state index in [4.69, 9.17) is 0 Å². The van der Waals surface area contributed by atoms with Crippen LogP contribution in [0.25, 0.3) is 0 Å². The second-order valence-corrected chi connectivity index (χ2v) is 6.31. The molecule has 1 amide bonds. The molecule has 2 N–H and O–H groups in total. The molecule has 1 heterocycles. The Morgan fingerprint density at radius 3 is 2.80 bits per heavy atom. The molecule has 0 aliphatic carbocycles. The maximum absolute atomic E-state index is 12.3. The summed E-state index contributed by atoms with van der Waals surface area (Å²) in [6, 6.07) is 7.86. The Balaban J connectivity index is 2.12. The van der Waals surface area contributed by atoms with Crippen molar-refractivity contribution in [2.24, 2.45) is 0 Å². The SMILES string of the molecule is CCNc1ccc(C)cc1C(=O)NCc1sccc1Br. The van der Waals surface area contributed by atoms with Gasteiger partial charge in [0.25, 0.3) is 5.91 Å². The van der Waals surface area contributed by atoms with Gasteiger partial charge in [-0.2, -0.15) is 0 Å². The first-order chi connectivity index (χ1) is 9.61. The van der Waals surface area contributed by atoms with Crippen LogP contribution in [0, 0.1) is 6.92 Å². The predicted molar refractivity (Wildman–Crippen MR) is 88.5 cm³/mol. The van der Waals surface area contributed by atoms with Crippen LogP contribution >= 0.6 is 27.3 Å². The normalized spacial score (nSPS) is 10.3. The number of amides is 1. The third-order valence-corrected chi connectivity index (χ3v) is 4.81. The van der Waals surface area contributed by atoms with Gasteiger partial charge in [-0.15, -0.1) is 11.3 Å². The Morgan fingerprint density at radius 1 is 1.35 bits per heavy atom. The zero-order chi connectivity index (χ0) is 14.5. The van der Waals surface area contributed by atoms with Crippen molar-refractivity contribution in [3.8, 4) is 0 Å². The number of carbonyl (C=O) groups is 1. The van der Waals surface area contributed by atoms with Gasteiger partial charge in [-0.25, -0.2) is 0 Å². The zero-order valence-electron chi connectivity index (χ0n) is 11.5. The van der Waals surface area contributed by atoms with Crippen molar-refractivity contribution >= 4 is 38.9 Å². The molecule has 0 saturated carbocycles. The molecule has 106 valence electrons. The number of thiophene rings is 1. The monoisotopic (exact) mass is 352 g/mol. The van der Waals surface area contributed by atoms with Crippen molar-refractivity contribution in [3.05, 3.63) is 50.1 Å². The molecular weight excluding hydrogens is 336 g/mol. The molecule has 0 bridgehead atoms. The van der Waals surface area contributed by atoms with E-state index in [1.54, 1.807) is 11.3 Å². The maximum atomic E-state index is 12.3. The molecule has 1 aromatic carbocycles. The first-order valence-electron chi connectivity index (χ1n) is 6.46. The van der Waals surface area contributed by atoms with Gasteiger partial charge < -0.3 is 10.6 Å². The number of anilines is 1. The number of halogens is 1. The van der Waals surface area contributed by atoms with Crippen LogP contribution in [0.5, 0.6) is 0 Å². The Morgan fingerprint density at radius 2 is 2.15 bits per heavy atom. The molecular formula is C15H17BrN2OS. The fraction of sp³-hybridized carbons (Fsp3) is 0.267. The van der Waals surface area contributed by atoms with Gasteiger partial charge in [0.2, 0.25) is 0 Å². The van der Waals surface area contributed by atoms with Crippen LogP contribution in [-0.2, 0) is 6.54 Å². The second-order valence-electron chi connectivity index (χ2n) is 4.45. The third-order valence-electron chi connectivity index (χ3n) is 2.89. The van der Waals surface area contributed by atoms with Gasteiger partial charge in [-0.05, 0) is 53.4 Å². The molecule has 0 aliphatic heterocycles. The minimum Gasteiger partial charge on any atom is -0.385 e. The Hall–Kier alpha value is -1.33. The molecule has 0 saturated heterocycles. The Labute approximate surface area is 131 Å².